The highest BCUT2D eigenvalue weighted by molar-refractivity contribution is 9.10. The summed E-state index contributed by atoms with van der Waals surface area (Å²) in [6.45, 7) is 4.87. The van der Waals surface area contributed by atoms with Gasteiger partial charge in [0.1, 0.15) is 0 Å². The molecule has 0 saturated carbocycles. The van der Waals surface area contributed by atoms with E-state index in [1.165, 1.54) is 0 Å². The van der Waals surface area contributed by atoms with E-state index < -0.39 is 0 Å². The van der Waals surface area contributed by atoms with Crippen LogP contribution in [0.3, 0.4) is 0 Å². The molecule has 2 rings (SSSR count). The Balaban J connectivity index is 1.73. The van der Waals surface area contributed by atoms with Gasteiger partial charge in [-0.25, -0.2) is 4.98 Å². The lowest BCUT2D eigenvalue weighted by atomic mass is 10.3. The summed E-state index contributed by atoms with van der Waals surface area (Å²) in [7, 11) is 2.12. The van der Waals surface area contributed by atoms with E-state index in [0.29, 0.717) is 0 Å². The Bertz CT molecular complexity index is 527. The molecule has 0 saturated heterocycles. The Morgan fingerprint density at radius 1 is 1.42 bits per heavy atom. The van der Waals surface area contributed by atoms with Gasteiger partial charge < -0.3 is 5.32 Å². The van der Waals surface area contributed by atoms with E-state index in [2.05, 4.69) is 55.7 Å². The van der Waals surface area contributed by atoms with Crippen LogP contribution in [-0.2, 0) is 6.54 Å². The summed E-state index contributed by atoms with van der Waals surface area (Å²) in [6.07, 6.45) is 0. The Labute approximate surface area is 126 Å². The van der Waals surface area contributed by atoms with Crippen molar-refractivity contribution in [2.75, 3.05) is 25.5 Å². The summed E-state index contributed by atoms with van der Waals surface area (Å²) >= 11 is 5.18. The lowest BCUT2D eigenvalue weighted by molar-refractivity contribution is 0.336. The van der Waals surface area contributed by atoms with E-state index >= 15 is 0 Å². The second kappa shape index (κ2) is 7.03. The fraction of sp³-hybridized carbons (Fsp3) is 0.357. The molecule has 3 nitrogen and oxygen atoms in total. The highest BCUT2D eigenvalue weighted by atomic mass is 79.9. The van der Waals surface area contributed by atoms with Crippen molar-refractivity contribution in [3.63, 3.8) is 0 Å². The molecule has 0 radical (unpaired) electrons. The largest absolute Gasteiger partial charge is 0.384 e. The Hall–Kier alpha value is -0.910. The van der Waals surface area contributed by atoms with Gasteiger partial charge in [0, 0.05) is 35.2 Å². The van der Waals surface area contributed by atoms with Crippen LogP contribution >= 0.6 is 27.3 Å². The standard InChI is InChI=1S/C14H18BrN3S/c1-11-17-14(10-19-11)9-18(2)7-6-16-13-5-3-4-12(15)8-13/h3-5,8,10,16H,6-7,9H2,1-2H3. The maximum atomic E-state index is 4.48. The molecule has 1 aromatic carbocycles. The molecule has 0 spiro atoms. The first-order chi connectivity index (χ1) is 9.13. The third-order valence-electron chi connectivity index (χ3n) is 2.75. The molecule has 1 N–H and O–H groups in total. The number of anilines is 1. The van der Waals surface area contributed by atoms with Gasteiger partial charge in [-0.05, 0) is 32.2 Å². The SMILES string of the molecule is Cc1nc(CN(C)CCNc2cccc(Br)c2)cs1. The number of likely N-dealkylation sites (N-methyl/N-ethyl adjacent to an activating group) is 1. The van der Waals surface area contributed by atoms with Crippen molar-refractivity contribution >= 4 is 33.0 Å². The summed E-state index contributed by atoms with van der Waals surface area (Å²) in [5.74, 6) is 0. The quantitative estimate of drug-likeness (QED) is 0.868. The molecule has 0 aliphatic carbocycles. The van der Waals surface area contributed by atoms with E-state index in [1.807, 2.05) is 19.1 Å². The van der Waals surface area contributed by atoms with Crippen molar-refractivity contribution in [3.8, 4) is 0 Å². The predicted octanol–water partition coefficient (Wildman–Crippen LogP) is 3.76. The normalized spacial score (nSPS) is 10.9. The summed E-state index contributed by atoms with van der Waals surface area (Å²) in [5, 5.41) is 6.69. The van der Waals surface area contributed by atoms with Crippen molar-refractivity contribution in [2.45, 2.75) is 13.5 Å². The van der Waals surface area contributed by atoms with E-state index in [9.17, 15) is 0 Å². The van der Waals surface area contributed by atoms with E-state index in [-0.39, 0.29) is 0 Å². The van der Waals surface area contributed by atoms with Gasteiger partial charge in [-0.2, -0.15) is 0 Å². The van der Waals surface area contributed by atoms with Crippen LogP contribution < -0.4 is 5.32 Å². The fourth-order valence-corrected chi connectivity index (χ4v) is 2.83. The monoisotopic (exact) mass is 339 g/mol. The van der Waals surface area contributed by atoms with Crippen LogP contribution in [-0.4, -0.2) is 30.0 Å². The molecular weight excluding hydrogens is 322 g/mol. The number of nitrogens with one attached hydrogen (secondary N) is 1. The first kappa shape index (κ1) is 14.5. The maximum absolute atomic E-state index is 4.48. The molecule has 0 atom stereocenters. The lowest BCUT2D eigenvalue weighted by Crippen LogP contribution is -2.24. The molecule has 19 heavy (non-hydrogen) atoms. The smallest absolute Gasteiger partial charge is 0.0897 e. The number of halogens is 1. The number of aromatic nitrogens is 1. The molecule has 2 aromatic rings. The average Bonchev–Trinajstić information content (AvgIpc) is 2.75. The third-order valence-corrected chi connectivity index (χ3v) is 4.06. The number of nitrogens with zero attached hydrogens (tertiary/aromatic N) is 2. The van der Waals surface area contributed by atoms with Gasteiger partial charge in [-0.3, -0.25) is 4.90 Å². The molecule has 0 bridgehead atoms. The van der Waals surface area contributed by atoms with Crippen molar-refractivity contribution in [1.29, 1.82) is 0 Å². The Kier molecular flexibility index (Phi) is 5.36. The van der Waals surface area contributed by atoms with Crippen molar-refractivity contribution in [1.82, 2.24) is 9.88 Å². The van der Waals surface area contributed by atoms with Crippen LogP contribution in [0.15, 0.2) is 34.1 Å². The minimum absolute atomic E-state index is 0.907. The van der Waals surface area contributed by atoms with Gasteiger partial charge in [0.2, 0.25) is 0 Å². The van der Waals surface area contributed by atoms with Gasteiger partial charge in [0.05, 0.1) is 10.7 Å². The maximum Gasteiger partial charge on any atom is 0.0897 e. The molecule has 1 heterocycles. The van der Waals surface area contributed by atoms with E-state index in [0.717, 1.165) is 40.5 Å². The number of thiazole rings is 1. The van der Waals surface area contributed by atoms with Crippen LogP contribution in [0, 0.1) is 6.92 Å². The van der Waals surface area contributed by atoms with Crippen molar-refractivity contribution in [2.24, 2.45) is 0 Å². The second-order valence-electron chi connectivity index (χ2n) is 4.53. The molecule has 0 fully saturated rings. The number of hydrogen-bond acceptors (Lipinski definition) is 4. The highest BCUT2D eigenvalue weighted by Gasteiger charge is 2.03. The van der Waals surface area contributed by atoms with Crippen LogP contribution in [0.2, 0.25) is 0 Å². The van der Waals surface area contributed by atoms with Gasteiger partial charge >= 0.3 is 0 Å². The fourth-order valence-electron chi connectivity index (χ4n) is 1.83. The number of benzene rings is 1. The summed E-state index contributed by atoms with van der Waals surface area (Å²) in [4.78, 5) is 6.76. The molecule has 0 unspecified atom stereocenters. The first-order valence-corrected chi connectivity index (χ1v) is 7.90. The molecule has 102 valence electrons. The number of aryl methyl sites for hydroxylation is 1. The zero-order valence-corrected chi connectivity index (χ0v) is 13.6. The van der Waals surface area contributed by atoms with Gasteiger partial charge in [0.25, 0.3) is 0 Å². The molecular formula is C14H18BrN3S. The molecule has 0 aliphatic heterocycles. The van der Waals surface area contributed by atoms with Crippen LogP contribution in [0.5, 0.6) is 0 Å². The molecule has 0 aliphatic rings. The summed E-state index contributed by atoms with van der Waals surface area (Å²) in [6, 6.07) is 8.23. The molecule has 1 aromatic heterocycles. The Morgan fingerprint density at radius 2 is 2.26 bits per heavy atom. The van der Waals surface area contributed by atoms with Gasteiger partial charge in [-0.15, -0.1) is 11.3 Å². The van der Waals surface area contributed by atoms with Crippen LogP contribution in [0.1, 0.15) is 10.7 Å². The molecule has 0 amide bonds. The van der Waals surface area contributed by atoms with Gasteiger partial charge in [-0.1, -0.05) is 22.0 Å². The zero-order chi connectivity index (χ0) is 13.7. The van der Waals surface area contributed by atoms with Crippen LogP contribution in [0.4, 0.5) is 5.69 Å². The Morgan fingerprint density at radius 3 is 2.95 bits per heavy atom. The minimum Gasteiger partial charge on any atom is -0.384 e. The summed E-state index contributed by atoms with van der Waals surface area (Å²) < 4.78 is 1.10. The molecule has 5 heteroatoms. The van der Waals surface area contributed by atoms with E-state index in [1.54, 1.807) is 11.3 Å². The number of hydrogen-bond donors (Lipinski definition) is 1. The summed E-state index contributed by atoms with van der Waals surface area (Å²) in [5.41, 5.74) is 2.31. The average molecular weight is 340 g/mol. The zero-order valence-electron chi connectivity index (χ0n) is 11.2. The van der Waals surface area contributed by atoms with Crippen molar-refractivity contribution < 1.29 is 0 Å². The van der Waals surface area contributed by atoms with Crippen molar-refractivity contribution in [3.05, 3.63) is 44.8 Å². The second-order valence-corrected chi connectivity index (χ2v) is 6.51. The lowest BCUT2D eigenvalue weighted by Gasteiger charge is -2.16. The number of rotatable bonds is 6. The highest BCUT2D eigenvalue weighted by Crippen LogP contribution is 2.15. The third kappa shape index (κ3) is 4.93. The van der Waals surface area contributed by atoms with Crippen LogP contribution in [0.25, 0.3) is 0 Å². The van der Waals surface area contributed by atoms with Gasteiger partial charge in [0.15, 0.2) is 0 Å². The topological polar surface area (TPSA) is 28.2 Å². The first-order valence-electron chi connectivity index (χ1n) is 6.22. The predicted molar refractivity (Wildman–Crippen MR) is 85.8 cm³/mol. The van der Waals surface area contributed by atoms with E-state index in [4.69, 9.17) is 0 Å². The minimum atomic E-state index is 0.907.